The molecule has 0 aliphatic heterocycles. The number of pyridine rings is 1. The number of halogens is 3. The molecule has 37 heavy (non-hydrogen) atoms. The summed E-state index contributed by atoms with van der Waals surface area (Å²) in [6.45, 7) is 1.87. The highest BCUT2D eigenvalue weighted by Crippen LogP contribution is 2.34. The smallest absolute Gasteiger partial charge is 0.365 e. The Morgan fingerprint density at radius 1 is 1.08 bits per heavy atom. The van der Waals surface area contributed by atoms with Crippen LogP contribution in [0.15, 0.2) is 54.9 Å². The average molecular weight is 538 g/mol. The van der Waals surface area contributed by atoms with Crippen LogP contribution in [-0.2, 0) is 22.7 Å². The maximum Gasteiger partial charge on any atom is 0.421 e. The van der Waals surface area contributed by atoms with Gasteiger partial charge in [-0.2, -0.15) is 18.2 Å². The highest BCUT2D eigenvalue weighted by molar-refractivity contribution is 7.92. The molecule has 14 heteroatoms. The largest absolute Gasteiger partial charge is 0.421 e. The van der Waals surface area contributed by atoms with Crippen LogP contribution in [0.1, 0.15) is 34.8 Å². The second kappa shape index (κ2) is 11.4. The molecule has 2 heterocycles. The molecule has 2 aromatic heterocycles. The van der Waals surface area contributed by atoms with Crippen LogP contribution in [0.25, 0.3) is 0 Å². The van der Waals surface area contributed by atoms with Crippen LogP contribution in [0.5, 0.6) is 0 Å². The zero-order valence-corrected chi connectivity index (χ0v) is 21.1. The summed E-state index contributed by atoms with van der Waals surface area (Å²) in [4.78, 5) is 24.7. The van der Waals surface area contributed by atoms with Gasteiger partial charge in [0.1, 0.15) is 17.2 Å². The van der Waals surface area contributed by atoms with Crippen molar-refractivity contribution in [3.63, 3.8) is 0 Å². The first-order valence-electron chi connectivity index (χ1n) is 11.1. The number of carbonyl (C=O) groups excluding carboxylic acids is 1. The van der Waals surface area contributed by atoms with Crippen molar-refractivity contribution in [1.82, 2.24) is 20.0 Å². The summed E-state index contributed by atoms with van der Waals surface area (Å²) < 4.78 is 65.9. The Morgan fingerprint density at radius 3 is 2.41 bits per heavy atom. The van der Waals surface area contributed by atoms with Gasteiger partial charge in [-0.15, -0.1) is 0 Å². The normalized spacial score (nSPS) is 11.6. The monoisotopic (exact) mass is 537 g/mol. The Balaban J connectivity index is 1.91. The summed E-state index contributed by atoms with van der Waals surface area (Å²) in [5.41, 5.74) is 2.28. The Hall–Kier alpha value is -3.94. The Kier molecular flexibility index (Phi) is 8.53. The molecule has 1 aromatic carbocycles. The molecule has 0 saturated heterocycles. The fourth-order valence-corrected chi connectivity index (χ4v) is 3.73. The van der Waals surface area contributed by atoms with Gasteiger partial charge in [0.2, 0.25) is 16.0 Å². The maximum absolute atomic E-state index is 13.7. The number of rotatable bonds is 10. The van der Waals surface area contributed by atoms with Crippen molar-refractivity contribution in [3.8, 4) is 0 Å². The lowest BCUT2D eigenvalue weighted by Gasteiger charge is -2.24. The van der Waals surface area contributed by atoms with Gasteiger partial charge >= 0.3 is 6.18 Å². The predicted octanol–water partition coefficient (Wildman–Crippen LogP) is 3.78. The lowest BCUT2D eigenvalue weighted by molar-refractivity contribution is -0.137. The third-order valence-corrected chi connectivity index (χ3v) is 6.32. The first-order valence-corrected chi connectivity index (χ1v) is 13.0. The molecule has 0 aliphatic carbocycles. The molecule has 0 fully saturated rings. The zero-order valence-electron chi connectivity index (χ0n) is 20.3. The van der Waals surface area contributed by atoms with Gasteiger partial charge in [0.15, 0.2) is 0 Å². The van der Waals surface area contributed by atoms with Crippen molar-refractivity contribution in [2.24, 2.45) is 0 Å². The number of nitrogens with zero attached hydrogens (tertiary/aromatic N) is 5. The molecular formula is C23H26F3N7O3S. The number of benzene rings is 1. The molecular weight excluding hydrogens is 511 g/mol. The molecule has 0 radical (unpaired) electrons. The molecule has 2 N–H and O–H groups in total. The standard InChI is InChI=1S/C23H26F3N7O3S/c1-4-13-33(21(34)16-9-6-5-7-10-16)31-22-29-15-18(23(24,25)26)19(30-22)28-14-17-11-8-12-27-20(17)32(2)37(3,35)36/h5-12,15H,4,13-14H2,1-3H3,(H2,28,29,30,31). The first kappa shape index (κ1) is 27.6. The minimum atomic E-state index is -4.77. The first-order chi connectivity index (χ1) is 17.4. The number of nitrogens with one attached hydrogen (secondary N) is 2. The number of sulfonamides is 1. The number of aromatic nitrogens is 3. The van der Waals surface area contributed by atoms with Crippen molar-refractivity contribution in [3.05, 3.63) is 71.5 Å². The van der Waals surface area contributed by atoms with Gasteiger partial charge in [-0.05, 0) is 24.6 Å². The topological polar surface area (TPSA) is 120 Å². The van der Waals surface area contributed by atoms with Gasteiger partial charge in [-0.1, -0.05) is 31.2 Å². The van der Waals surface area contributed by atoms with Crippen molar-refractivity contribution < 1.29 is 26.4 Å². The van der Waals surface area contributed by atoms with E-state index in [0.29, 0.717) is 23.7 Å². The summed E-state index contributed by atoms with van der Waals surface area (Å²) in [6.07, 6.45) is -1.23. The number of carbonyl (C=O) groups is 1. The Labute approximate surface area is 212 Å². The number of hydrazine groups is 1. The Bertz CT molecular complexity index is 1340. The second-order valence-corrected chi connectivity index (χ2v) is 9.97. The van der Waals surface area contributed by atoms with E-state index in [9.17, 15) is 26.4 Å². The van der Waals surface area contributed by atoms with E-state index in [-0.39, 0.29) is 24.9 Å². The van der Waals surface area contributed by atoms with Gasteiger partial charge in [0.05, 0.1) is 6.26 Å². The lowest BCUT2D eigenvalue weighted by atomic mass is 10.2. The van der Waals surface area contributed by atoms with Crippen LogP contribution < -0.4 is 15.0 Å². The van der Waals surface area contributed by atoms with Crippen LogP contribution in [0.2, 0.25) is 0 Å². The number of amides is 1. The van der Waals surface area contributed by atoms with E-state index in [4.69, 9.17) is 0 Å². The zero-order chi connectivity index (χ0) is 27.2. The fourth-order valence-electron chi connectivity index (χ4n) is 3.25. The minimum Gasteiger partial charge on any atom is -0.365 e. The summed E-state index contributed by atoms with van der Waals surface area (Å²) in [6, 6.07) is 11.5. The van der Waals surface area contributed by atoms with Crippen molar-refractivity contribution >= 4 is 33.5 Å². The third kappa shape index (κ3) is 7.06. The molecule has 3 aromatic rings. The molecule has 10 nitrogen and oxygen atoms in total. The van der Waals surface area contributed by atoms with E-state index in [1.165, 1.54) is 30.4 Å². The molecule has 1 amide bonds. The molecule has 3 rings (SSSR count). The number of anilines is 3. The lowest BCUT2D eigenvalue weighted by Crippen LogP contribution is -2.37. The number of alkyl halides is 3. The van der Waals surface area contributed by atoms with Gasteiger partial charge in [-0.3, -0.25) is 14.5 Å². The van der Waals surface area contributed by atoms with Crippen LogP contribution in [0, 0.1) is 0 Å². The van der Waals surface area contributed by atoms with Crippen molar-refractivity contribution in [2.45, 2.75) is 26.1 Å². The van der Waals surface area contributed by atoms with E-state index in [0.717, 1.165) is 10.6 Å². The summed E-state index contributed by atoms with van der Waals surface area (Å²) >= 11 is 0. The van der Waals surface area contributed by atoms with E-state index in [1.54, 1.807) is 30.3 Å². The maximum atomic E-state index is 13.7. The summed E-state index contributed by atoms with van der Waals surface area (Å²) in [5, 5.41) is 3.84. The van der Waals surface area contributed by atoms with Crippen molar-refractivity contribution in [1.29, 1.82) is 0 Å². The van der Waals surface area contributed by atoms with Gasteiger partial charge < -0.3 is 5.32 Å². The predicted molar refractivity (Wildman–Crippen MR) is 133 cm³/mol. The molecule has 198 valence electrons. The van der Waals surface area contributed by atoms with Crippen molar-refractivity contribution in [2.75, 3.05) is 34.9 Å². The fraction of sp³-hybridized carbons (Fsp3) is 0.304. The average Bonchev–Trinajstić information content (AvgIpc) is 2.86. The summed E-state index contributed by atoms with van der Waals surface area (Å²) in [5.74, 6) is -1.12. The molecule has 0 unspecified atom stereocenters. The molecule has 0 saturated carbocycles. The van der Waals surface area contributed by atoms with E-state index in [1.807, 2.05) is 6.92 Å². The van der Waals surface area contributed by atoms with Crippen LogP contribution in [-0.4, -0.2) is 54.1 Å². The summed E-state index contributed by atoms with van der Waals surface area (Å²) in [7, 11) is -2.37. The molecule has 0 spiro atoms. The van der Waals surface area contributed by atoms with Crippen LogP contribution in [0.4, 0.5) is 30.8 Å². The van der Waals surface area contributed by atoms with E-state index >= 15 is 0 Å². The highest BCUT2D eigenvalue weighted by atomic mass is 32.2. The highest BCUT2D eigenvalue weighted by Gasteiger charge is 2.35. The van der Waals surface area contributed by atoms with E-state index in [2.05, 4.69) is 25.7 Å². The molecule has 0 aliphatic rings. The SMILES string of the molecule is CCCN(Nc1ncc(C(F)(F)F)c(NCc2cccnc2N(C)S(C)(=O)=O)n1)C(=O)c1ccccc1. The quantitative estimate of drug-likeness (QED) is 0.375. The van der Waals surface area contributed by atoms with Gasteiger partial charge in [0, 0.05) is 43.7 Å². The molecule has 0 atom stereocenters. The minimum absolute atomic E-state index is 0.0565. The van der Waals surface area contributed by atoms with Crippen LogP contribution in [0.3, 0.4) is 0 Å². The molecule has 0 bridgehead atoms. The number of hydrogen-bond acceptors (Lipinski definition) is 8. The van der Waals surface area contributed by atoms with Gasteiger partial charge in [0.25, 0.3) is 5.91 Å². The Morgan fingerprint density at radius 2 is 1.78 bits per heavy atom. The third-order valence-electron chi connectivity index (χ3n) is 5.15. The second-order valence-electron chi connectivity index (χ2n) is 7.96. The number of hydrogen-bond donors (Lipinski definition) is 2. The van der Waals surface area contributed by atoms with Crippen LogP contribution >= 0.6 is 0 Å². The van der Waals surface area contributed by atoms with Gasteiger partial charge in [-0.25, -0.2) is 23.4 Å². The van der Waals surface area contributed by atoms with E-state index < -0.39 is 33.5 Å².